The molecule has 2 heterocycles. The lowest BCUT2D eigenvalue weighted by atomic mass is 10.3. The summed E-state index contributed by atoms with van der Waals surface area (Å²) >= 11 is 0. The predicted molar refractivity (Wildman–Crippen MR) is 79.9 cm³/mol. The molecule has 0 bridgehead atoms. The van der Waals surface area contributed by atoms with Gasteiger partial charge in [0.1, 0.15) is 0 Å². The average molecular weight is 282 g/mol. The molecule has 1 aromatic carbocycles. The van der Waals surface area contributed by atoms with Crippen LogP contribution in [-0.2, 0) is 13.1 Å². The zero-order valence-electron chi connectivity index (χ0n) is 11.8. The van der Waals surface area contributed by atoms with Gasteiger partial charge in [0.2, 0.25) is 0 Å². The maximum Gasteiger partial charge on any atom is 0.0766 e. The van der Waals surface area contributed by atoms with Crippen LogP contribution in [0.5, 0.6) is 0 Å². The molecule has 0 spiro atoms. The molecule has 108 valence electrons. The maximum absolute atomic E-state index is 4.55. The third kappa shape index (κ3) is 3.76. The van der Waals surface area contributed by atoms with Gasteiger partial charge in [0, 0.05) is 25.5 Å². The summed E-state index contributed by atoms with van der Waals surface area (Å²) in [5, 5.41) is 15.7. The van der Waals surface area contributed by atoms with E-state index in [1.165, 1.54) is 0 Å². The summed E-state index contributed by atoms with van der Waals surface area (Å²) < 4.78 is 3.73. The molecule has 0 aliphatic heterocycles. The maximum atomic E-state index is 4.55. The molecule has 6 nitrogen and oxygen atoms in total. The lowest BCUT2D eigenvalue weighted by molar-refractivity contribution is 0.527. The van der Waals surface area contributed by atoms with Crippen LogP contribution >= 0.6 is 0 Å². The van der Waals surface area contributed by atoms with Crippen LogP contribution in [0.4, 0.5) is 0 Å². The molecule has 2 aromatic heterocycles. The van der Waals surface area contributed by atoms with Gasteiger partial charge < -0.3 is 5.32 Å². The molecule has 0 aliphatic rings. The standard InChI is InChI=1S/C15H18N6/c1-2-5-15(6-3-1)21-11-7-14(18-21)13-16-8-4-10-20-12-9-17-19-20/h1-3,5-7,9,11-12,16H,4,8,10,13H2. The number of aromatic nitrogens is 5. The van der Waals surface area contributed by atoms with Crippen molar-refractivity contribution in [1.82, 2.24) is 30.1 Å². The van der Waals surface area contributed by atoms with Gasteiger partial charge in [-0.15, -0.1) is 5.10 Å². The van der Waals surface area contributed by atoms with Crippen LogP contribution < -0.4 is 5.32 Å². The van der Waals surface area contributed by atoms with E-state index < -0.39 is 0 Å². The summed E-state index contributed by atoms with van der Waals surface area (Å²) in [6.07, 6.45) is 6.58. The summed E-state index contributed by atoms with van der Waals surface area (Å²) in [5.74, 6) is 0. The Bertz CT molecular complexity index is 644. The minimum absolute atomic E-state index is 0.775. The van der Waals surface area contributed by atoms with Crippen LogP contribution in [0.15, 0.2) is 55.0 Å². The van der Waals surface area contributed by atoms with Crippen LogP contribution in [0.2, 0.25) is 0 Å². The Kier molecular flexibility index (Phi) is 4.38. The molecule has 0 radical (unpaired) electrons. The highest BCUT2D eigenvalue weighted by atomic mass is 15.4. The SMILES string of the molecule is c1ccc(-n2ccc(CNCCCn3ccnn3)n2)cc1. The minimum Gasteiger partial charge on any atom is -0.311 e. The first-order valence-electron chi connectivity index (χ1n) is 7.06. The summed E-state index contributed by atoms with van der Waals surface area (Å²) in [6, 6.07) is 12.2. The van der Waals surface area contributed by atoms with E-state index in [9.17, 15) is 0 Å². The fourth-order valence-corrected chi connectivity index (χ4v) is 2.11. The highest BCUT2D eigenvalue weighted by Gasteiger charge is 2.00. The number of rotatable bonds is 7. The summed E-state index contributed by atoms with van der Waals surface area (Å²) in [7, 11) is 0. The molecule has 3 rings (SSSR count). The Balaban J connectivity index is 1.43. The van der Waals surface area contributed by atoms with Gasteiger partial charge in [0.15, 0.2) is 0 Å². The highest BCUT2D eigenvalue weighted by molar-refractivity contribution is 5.30. The predicted octanol–water partition coefficient (Wildman–Crippen LogP) is 1.64. The molecule has 3 aromatic rings. The van der Waals surface area contributed by atoms with Crippen molar-refractivity contribution >= 4 is 0 Å². The summed E-state index contributed by atoms with van der Waals surface area (Å²) in [4.78, 5) is 0. The Morgan fingerprint density at radius 1 is 1.05 bits per heavy atom. The van der Waals surface area contributed by atoms with Crippen molar-refractivity contribution in [2.45, 2.75) is 19.5 Å². The number of para-hydroxylation sites is 1. The van der Waals surface area contributed by atoms with E-state index in [0.29, 0.717) is 0 Å². The van der Waals surface area contributed by atoms with Gasteiger partial charge in [-0.2, -0.15) is 5.10 Å². The average Bonchev–Trinajstić information content (AvgIpc) is 3.19. The monoisotopic (exact) mass is 282 g/mol. The molecule has 0 saturated carbocycles. The first-order valence-corrected chi connectivity index (χ1v) is 7.06. The van der Waals surface area contributed by atoms with Gasteiger partial charge in [-0.1, -0.05) is 23.4 Å². The Morgan fingerprint density at radius 2 is 1.95 bits per heavy atom. The molecule has 1 N–H and O–H groups in total. The van der Waals surface area contributed by atoms with Crippen LogP contribution in [-0.4, -0.2) is 31.3 Å². The molecular weight excluding hydrogens is 264 g/mol. The number of nitrogens with one attached hydrogen (secondary N) is 1. The fraction of sp³-hybridized carbons (Fsp3) is 0.267. The van der Waals surface area contributed by atoms with Crippen LogP contribution in [0.3, 0.4) is 0 Å². The van der Waals surface area contributed by atoms with Gasteiger partial charge in [0.25, 0.3) is 0 Å². The Morgan fingerprint density at radius 3 is 2.76 bits per heavy atom. The number of hydrogen-bond acceptors (Lipinski definition) is 4. The molecule has 6 heteroatoms. The second-order valence-corrected chi connectivity index (χ2v) is 4.78. The number of hydrogen-bond donors (Lipinski definition) is 1. The smallest absolute Gasteiger partial charge is 0.0766 e. The number of nitrogens with zero attached hydrogens (tertiary/aromatic N) is 5. The minimum atomic E-state index is 0.775. The van der Waals surface area contributed by atoms with Crippen LogP contribution in [0.1, 0.15) is 12.1 Å². The van der Waals surface area contributed by atoms with E-state index >= 15 is 0 Å². The van der Waals surface area contributed by atoms with Crippen molar-refractivity contribution in [3.05, 3.63) is 60.7 Å². The van der Waals surface area contributed by atoms with Gasteiger partial charge in [-0.25, -0.2) is 4.68 Å². The van der Waals surface area contributed by atoms with E-state index in [4.69, 9.17) is 0 Å². The molecule has 0 saturated heterocycles. The van der Waals surface area contributed by atoms with Gasteiger partial charge >= 0.3 is 0 Å². The third-order valence-electron chi connectivity index (χ3n) is 3.18. The molecular formula is C15H18N6. The van der Waals surface area contributed by atoms with Crippen LogP contribution in [0, 0.1) is 0 Å². The highest BCUT2D eigenvalue weighted by Crippen LogP contribution is 2.06. The first-order chi connectivity index (χ1) is 10.4. The zero-order valence-corrected chi connectivity index (χ0v) is 11.8. The number of benzene rings is 1. The van der Waals surface area contributed by atoms with Crippen molar-refractivity contribution in [2.75, 3.05) is 6.54 Å². The molecule has 0 fully saturated rings. The largest absolute Gasteiger partial charge is 0.311 e. The van der Waals surface area contributed by atoms with Crippen molar-refractivity contribution in [2.24, 2.45) is 0 Å². The van der Waals surface area contributed by atoms with Crippen molar-refractivity contribution < 1.29 is 0 Å². The second kappa shape index (κ2) is 6.81. The molecule has 0 amide bonds. The van der Waals surface area contributed by atoms with E-state index in [2.05, 4.69) is 20.7 Å². The van der Waals surface area contributed by atoms with E-state index in [1.54, 1.807) is 6.20 Å². The van der Waals surface area contributed by atoms with Crippen molar-refractivity contribution in [3.63, 3.8) is 0 Å². The van der Waals surface area contributed by atoms with Crippen molar-refractivity contribution in [3.8, 4) is 5.69 Å². The van der Waals surface area contributed by atoms with Crippen LogP contribution in [0.25, 0.3) is 5.69 Å². The summed E-state index contributed by atoms with van der Waals surface area (Å²) in [5.41, 5.74) is 2.12. The Labute approximate surface area is 123 Å². The third-order valence-corrected chi connectivity index (χ3v) is 3.18. The summed E-state index contributed by atoms with van der Waals surface area (Å²) in [6.45, 7) is 2.58. The molecule has 21 heavy (non-hydrogen) atoms. The van der Waals surface area contributed by atoms with E-state index in [-0.39, 0.29) is 0 Å². The topological polar surface area (TPSA) is 60.6 Å². The lowest BCUT2D eigenvalue weighted by Gasteiger charge is -2.03. The fourth-order valence-electron chi connectivity index (χ4n) is 2.11. The first kappa shape index (κ1) is 13.5. The van der Waals surface area contributed by atoms with Crippen molar-refractivity contribution in [1.29, 1.82) is 0 Å². The molecule has 0 aliphatic carbocycles. The molecule has 0 unspecified atom stereocenters. The normalized spacial score (nSPS) is 10.9. The van der Waals surface area contributed by atoms with E-state index in [1.807, 2.05) is 58.2 Å². The quantitative estimate of drug-likeness (QED) is 0.669. The van der Waals surface area contributed by atoms with Gasteiger partial charge in [-0.3, -0.25) is 4.68 Å². The number of aryl methyl sites for hydroxylation is 1. The van der Waals surface area contributed by atoms with Gasteiger partial charge in [0.05, 0.1) is 17.6 Å². The Hall–Kier alpha value is -2.47. The molecule has 0 atom stereocenters. The van der Waals surface area contributed by atoms with Gasteiger partial charge in [-0.05, 0) is 31.2 Å². The van der Waals surface area contributed by atoms with E-state index in [0.717, 1.165) is 37.4 Å². The zero-order chi connectivity index (χ0) is 14.3. The second-order valence-electron chi connectivity index (χ2n) is 4.78. The lowest BCUT2D eigenvalue weighted by Crippen LogP contribution is -2.17.